The predicted octanol–water partition coefficient (Wildman–Crippen LogP) is 1.05. The van der Waals surface area contributed by atoms with E-state index in [4.69, 9.17) is 0 Å². The van der Waals surface area contributed by atoms with E-state index in [1.54, 1.807) is 11.2 Å². The Bertz CT molecular complexity index is 303. The van der Waals surface area contributed by atoms with Crippen LogP contribution < -0.4 is 5.32 Å². The summed E-state index contributed by atoms with van der Waals surface area (Å²) in [6.07, 6.45) is 2.14. The number of nitrogens with one attached hydrogen (secondary N) is 1. The normalized spacial score (nSPS) is 25.6. The second-order valence-electron chi connectivity index (χ2n) is 4.77. The van der Waals surface area contributed by atoms with Crippen LogP contribution in [0.4, 0.5) is 0 Å². The highest BCUT2D eigenvalue weighted by Crippen LogP contribution is 2.20. The van der Waals surface area contributed by atoms with Gasteiger partial charge in [0.1, 0.15) is 0 Å². The fraction of sp³-hybridized carbons (Fsp3) is 1.00. The summed E-state index contributed by atoms with van der Waals surface area (Å²) in [4.78, 5) is 0. The third-order valence-electron chi connectivity index (χ3n) is 3.17. The Kier molecular flexibility index (Phi) is 5.21. The minimum atomic E-state index is -3.10. The molecular formula is C11H24N2O2S. The van der Waals surface area contributed by atoms with Crippen molar-refractivity contribution in [1.82, 2.24) is 9.62 Å². The van der Waals surface area contributed by atoms with Crippen molar-refractivity contribution in [2.75, 3.05) is 26.2 Å². The van der Waals surface area contributed by atoms with Gasteiger partial charge < -0.3 is 5.32 Å². The summed E-state index contributed by atoms with van der Waals surface area (Å²) in [5, 5.41) is 2.78. The van der Waals surface area contributed by atoms with Gasteiger partial charge in [0.15, 0.2) is 0 Å². The van der Waals surface area contributed by atoms with Crippen LogP contribution in [0.25, 0.3) is 0 Å². The van der Waals surface area contributed by atoms with Crippen LogP contribution in [-0.4, -0.2) is 44.2 Å². The van der Waals surface area contributed by atoms with Crippen LogP contribution in [-0.2, 0) is 10.0 Å². The number of hydrogen-bond donors (Lipinski definition) is 1. The quantitative estimate of drug-likeness (QED) is 0.791. The highest BCUT2D eigenvalue weighted by Gasteiger charge is 2.31. The average molecular weight is 248 g/mol. The standard InChI is InChI=1S/C11H24N2O2S/c1-4-12-8-11(3)16(14,15)13-7-5-6-10(2)9-13/h10-12H,4-9H2,1-3H3. The maximum Gasteiger partial charge on any atom is 0.217 e. The van der Waals surface area contributed by atoms with Crippen LogP contribution in [0.2, 0.25) is 0 Å². The van der Waals surface area contributed by atoms with E-state index in [2.05, 4.69) is 12.2 Å². The molecule has 1 saturated heterocycles. The molecule has 1 rings (SSSR count). The van der Waals surface area contributed by atoms with Gasteiger partial charge in [-0.1, -0.05) is 13.8 Å². The Hall–Kier alpha value is -0.130. The first kappa shape index (κ1) is 13.9. The number of nitrogens with zero attached hydrogens (tertiary/aromatic N) is 1. The molecule has 5 heteroatoms. The summed E-state index contributed by atoms with van der Waals surface area (Å²) < 4.78 is 26.1. The molecule has 1 aliphatic rings. The molecule has 96 valence electrons. The summed E-state index contributed by atoms with van der Waals surface area (Å²) in [6.45, 7) is 8.65. The molecule has 0 amide bonds. The topological polar surface area (TPSA) is 49.4 Å². The molecule has 0 aromatic heterocycles. The first-order valence-corrected chi connectivity index (χ1v) is 7.68. The van der Waals surface area contributed by atoms with Crippen molar-refractivity contribution in [2.45, 2.75) is 38.9 Å². The van der Waals surface area contributed by atoms with Crippen molar-refractivity contribution in [1.29, 1.82) is 0 Å². The summed E-state index contributed by atoms with van der Waals surface area (Å²) in [5.41, 5.74) is 0. The molecule has 0 saturated carbocycles. The van der Waals surface area contributed by atoms with Gasteiger partial charge in [0.05, 0.1) is 5.25 Å². The van der Waals surface area contributed by atoms with E-state index in [1.165, 1.54) is 0 Å². The van der Waals surface area contributed by atoms with E-state index < -0.39 is 10.0 Å². The third-order valence-corrected chi connectivity index (χ3v) is 5.40. The van der Waals surface area contributed by atoms with Crippen molar-refractivity contribution in [3.63, 3.8) is 0 Å². The van der Waals surface area contributed by atoms with E-state index in [0.29, 0.717) is 25.6 Å². The molecule has 1 aliphatic heterocycles. The van der Waals surface area contributed by atoms with Gasteiger partial charge in [-0.2, -0.15) is 0 Å². The largest absolute Gasteiger partial charge is 0.316 e. The lowest BCUT2D eigenvalue weighted by atomic mass is 10.0. The van der Waals surface area contributed by atoms with Crippen molar-refractivity contribution in [3.05, 3.63) is 0 Å². The first-order valence-electron chi connectivity index (χ1n) is 6.18. The van der Waals surface area contributed by atoms with Crippen LogP contribution >= 0.6 is 0 Å². The summed E-state index contributed by atoms with van der Waals surface area (Å²) in [5.74, 6) is 0.495. The van der Waals surface area contributed by atoms with Crippen molar-refractivity contribution < 1.29 is 8.42 Å². The van der Waals surface area contributed by atoms with Crippen molar-refractivity contribution >= 4 is 10.0 Å². The van der Waals surface area contributed by atoms with Crippen LogP contribution in [0.3, 0.4) is 0 Å². The molecule has 4 nitrogen and oxygen atoms in total. The summed E-state index contributed by atoms with van der Waals surface area (Å²) in [6, 6.07) is 0. The molecule has 1 fully saturated rings. The molecule has 1 heterocycles. The Morgan fingerprint density at radius 3 is 2.75 bits per heavy atom. The molecule has 0 bridgehead atoms. The second kappa shape index (κ2) is 5.98. The molecule has 0 aromatic rings. The molecule has 2 unspecified atom stereocenters. The zero-order chi connectivity index (χ0) is 12.2. The van der Waals surface area contributed by atoms with Crippen LogP contribution in [0.1, 0.15) is 33.6 Å². The SMILES string of the molecule is CCNCC(C)S(=O)(=O)N1CCCC(C)C1. The van der Waals surface area contributed by atoms with Crippen molar-refractivity contribution in [3.8, 4) is 0 Å². The van der Waals surface area contributed by atoms with Gasteiger partial charge in [-0.3, -0.25) is 0 Å². The number of hydrogen-bond acceptors (Lipinski definition) is 3. The van der Waals surface area contributed by atoms with Crippen LogP contribution in [0.5, 0.6) is 0 Å². The minimum Gasteiger partial charge on any atom is -0.316 e. The molecule has 1 N–H and O–H groups in total. The highest BCUT2D eigenvalue weighted by molar-refractivity contribution is 7.89. The summed E-state index contributed by atoms with van der Waals surface area (Å²) in [7, 11) is -3.10. The average Bonchev–Trinajstić information content (AvgIpc) is 2.25. The van der Waals surface area contributed by atoms with Gasteiger partial charge in [-0.15, -0.1) is 0 Å². The van der Waals surface area contributed by atoms with Crippen molar-refractivity contribution in [2.24, 2.45) is 5.92 Å². The Morgan fingerprint density at radius 1 is 1.50 bits per heavy atom. The maximum absolute atomic E-state index is 12.2. The molecule has 2 atom stereocenters. The molecular weight excluding hydrogens is 224 g/mol. The van der Waals surface area contributed by atoms with E-state index in [1.807, 2.05) is 6.92 Å². The summed E-state index contributed by atoms with van der Waals surface area (Å²) >= 11 is 0. The van der Waals surface area contributed by atoms with Gasteiger partial charge in [-0.05, 0) is 32.2 Å². The number of piperidine rings is 1. The lowest BCUT2D eigenvalue weighted by Crippen LogP contribution is -2.46. The highest BCUT2D eigenvalue weighted by atomic mass is 32.2. The van der Waals surface area contributed by atoms with Gasteiger partial charge in [0.2, 0.25) is 10.0 Å². The molecule has 0 aliphatic carbocycles. The predicted molar refractivity (Wildman–Crippen MR) is 66.9 cm³/mol. The van der Waals surface area contributed by atoms with E-state index in [-0.39, 0.29) is 5.25 Å². The first-order chi connectivity index (χ1) is 7.48. The Morgan fingerprint density at radius 2 is 2.19 bits per heavy atom. The van der Waals surface area contributed by atoms with Gasteiger partial charge in [0.25, 0.3) is 0 Å². The van der Waals surface area contributed by atoms with E-state index >= 15 is 0 Å². The third kappa shape index (κ3) is 3.43. The van der Waals surface area contributed by atoms with Gasteiger partial charge >= 0.3 is 0 Å². The lowest BCUT2D eigenvalue weighted by Gasteiger charge is -2.32. The molecule has 16 heavy (non-hydrogen) atoms. The zero-order valence-corrected chi connectivity index (χ0v) is 11.4. The fourth-order valence-electron chi connectivity index (χ4n) is 2.08. The fourth-order valence-corrected chi connectivity index (χ4v) is 3.77. The zero-order valence-electron chi connectivity index (χ0n) is 10.6. The molecule has 0 aromatic carbocycles. The second-order valence-corrected chi connectivity index (χ2v) is 7.12. The lowest BCUT2D eigenvalue weighted by molar-refractivity contribution is 0.279. The van der Waals surface area contributed by atoms with Crippen LogP contribution in [0.15, 0.2) is 0 Å². The van der Waals surface area contributed by atoms with E-state index in [0.717, 1.165) is 19.4 Å². The monoisotopic (exact) mass is 248 g/mol. The maximum atomic E-state index is 12.2. The van der Waals surface area contributed by atoms with E-state index in [9.17, 15) is 8.42 Å². The molecule has 0 spiro atoms. The smallest absolute Gasteiger partial charge is 0.217 e. The van der Waals surface area contributed by atoms with Gasteiger partial charge in [0, 0.05) is 19.6 Å². The minimum absolute atomic E-state index is 0.322. The number of rotatable bonds is 5. The van der Waals surface area contributed by atoms with Gasteiger partial charge in [-0.25, -0.2) is 12.7 Å². The number of sulfonamides is 1. The Balaban J connectivity index is 2.61. The molecule has 0 radical (unpaired) electrons. The Labute approximate surface area is 99.5 Å². The van der Waals surface area contributed by atoms with Crippen LogP contribution in [0, 0.1) is 5.92 Å².